The van der Waals surface area contributed by atoms with Crippen molar-refractivity contribution in [2.45, 2.75) is 64.3 Å². The summed E-state index contributed by atoms with van der Waals surface area (Å²) < 4.78 is 0. The smallest absolute Gasteiger partial charge is 0.317 e. The monoisotopic (exact) mass is 295 g/mol. The van der Waals surface area contributed by atoms with Gasteiger partial charge < -0.3 is 15.1 Å². The van der Waals surface area contributed by atoms with Crippen LogP contribution in [0.15, 0.2) is 0 Å². The zero-order chi connectivity index (χ0) is 15.1. The summed E-state index contributed by atoms with van der Waals surface area (Å²) in [6, 6.07) is 0.399. The SMILES string of the molecule is CC(=O)N1CCCN(C(=O)NC2CCCCCCC2)CC1. The Labute approximate surface area is 128 Å². The molecule has 0 unspecified atom stereocenters. The van der Waals surface area contributed by atoms with Gasteiger partial charge in [-0.1, -0.05) is 32.1 Å². The first-order valence-electron chi connectivity index (χ1n) is 8.48. The summed E-state index contributed by atoms with van der Waals surface area (Å²) in [4.78, 5) is 27.5. The lowest BCUT2D eigenvalue weighted by molar-refractivity contribution is -0.128. The van der Waals surface area contributed by atoms with Gasteiger partial charge >= 0.3 is 6.03 Å². The summed E-state index contributed by atoms with van der Waals surface area (Å²) in [6.45, 7) is 4.43. The van der Waals surface area contributed by atoms with Crippen LogP contribution in [0.1, 0.15) is 58.3 Å². The van der Waals surface area contributed by atoms with Crippen molar-refractivity contribution >= 4 is 11.9 Å². The number of rotatable bonds is 1. The Morgan fingerprint density at radius 3 is 2.05 bits per heavy atom. The Bertz CT molecular complexity index is 351. The highest BCUT2D eigenvalue weighted by molar-refractivity contribution is 5.75. The predicted octanol–water partition coefficient (Wildman–Crippen LogP) is 2.36. The molecule has 21 heavy (non-hydrogen) atoms. The second-order valence-corrected chi connectivity index (χ2v) is 6.34. The number of amides is 3. The maximum absolute atomic E-state index is 12.4. The second-order valence-electron chi connectivity index (χ2n) is 6.34. The molecule has 120 valence electrons. The Kier molecular flexibility index (Phi) is 6.33. The fourth-order valence-electron chi connectivity index (χ4n) is 3.30. The Hall–Kier alpha value is -1.26. The number of hydrogen-bond acceptors (Lipinski definition) is 2. The highest BCUT2D eigenvalue weighted by Gasteiger charge is 2.22. The van der Waals surface area contributed by atoms with Crippen LogP contribution in [0.2, 0.25) is 0 Å². The summed E-state index contributed by atoms with van der Waals surface area (Å²) in [6.07, 6.45) is 9.48. The molecule has 1 heterocycles. The maximum atomic E-state index is 12.4. The van der Waals surface area contributed by atoms with E-state index in [0.717, 1.165) is 32.4 Å². The third-order valence-electron chi connectivity index (χ3n) is 4.66. The molecule has 0 bridgehead atoms. The van der Waals surface area contributed by atoms with Crippen LogP contribution in [0.5, 0.6) is 0 Å². The van der Waals surface area contributed by atoms with E-state index in [1.54, 1.807) is 6.92 Å². The topological polar surface area (TPSA) is 52.7 Å². The predicted molar refractivity (Wildman–Crippen MR) is 83.1 cm³/mol. The number of carbonyl (C=O) groups excluding carboxylic acids is 2. The average Bonchev–Trinajstić information content (AvgIpc) is 2.67. The molecule has 2 rings (SSSR count). The van der Waals surface area contributed by atoms with Gasteiger partial charge in [0.1, 0.15) is 0 Å². The van der Waals surface area contributed by atoms with Crippen LogP contribution in [0.25, 0.3) is 0 Å². The minimum absolute atomic E-state index is 0.0611. The van der Waals surface area contributed by atoms with Crippen molar-refractivity contribution in [2.75, 3.05) is 26.2 Å². The van der Waals surface area contributed by atoms with E-state index in [9.17, 15) is 9.59 Å². The van der Waals surface area contributed by atoms with Crippen molar-refractivity contribution in [1.29, 1.82) is 0 Å². The molecule has 0 aromatic heterocycles. The van der Waals surface area contributed by atoms with Gasteiger partial charge in [0.05, 0.1) is 0 Å². The molecule has 5 heteroatoms. The van der Waals surface area contributed by atoms with E-state index in [4.69, 9.17) is 0 Å². The minimum Gasteiger partial charge on any atom is -0.341 e. The van der Waals surface area contributed by atoms with Crippen molar-refractivity contribution in [1.82, 2.24) is 15.1 Å². The molecular weight excluding hydrogens is 266 g/mol. The van der Waals surface area contributed by atoms with E-state index in [-0.39, 0.29) is 11.9 Å². The zero-order valence-electron chi connectivity index (χ0n) is 13.3. The molecule has 1 aliphatic carbocycles. The molecule has 1 N–H and O–H groups in total. The van der Waals surface area contributed by atoms with Gasteiger partial charge in [0, 0.05) is 39.1 Å². The first kappa shape index (κ1) is 16.1. The molecule has 0 spiro atoms. The molecule has 2 fully saturated rings. The van der Waals surface area contributed by atoms with Gasteiger partial charge in [-0.15, -0.1) is 0 Å². The quantitative estimate of drug-likeness (QED) is 0.807. The van der Waals surface area contributed by atoms with Crippen molar-refractivity contribution in [3.05, 3.63) is 0 Å². The van der Waals surface area contributed by atoms with Gasteiger partial charge in [-0.3, -0.25) is 4.79 Å². The van der Waals surface area contributed by atoms with Crippen molar-refractivity contribution in [2.24, 2.45) is 0 Å². The standard InChI is InChI=1S/C16H29N3O2/c1-14(20)18-10-7-11-19(13-12-18)16(21)17-15-8-5-3-2-4-6-9-15/h15H,2-13H2,1H3,(H,17,21). The third kappa shape index (κ3) is 5.21. The molecule has 3 amide bonds. The summed E-state index contributed by atoms with van der Waals surface area (Å²) >= 11 is 0. The van der Waals surface area contributed by atoms with Crippen molar-refractivity contribution in [3.8, 4) is 0 Å². The van der Waals surface area contributed by atoms with E-state index >= 15 is 0 Å². The first-order chi connectivity index (χ1) is 10.2. The Morgan fingerprint density at radius 2 is 1.38 bits per heavy atom. The molecule has 0 aromatic carbocycles. The number of urea groups is 1. The second kappa shape index (κ2) is 8.25. The van der Waals surface area contributed by atoms with E-state index in [2.05, 4.69) is 5.32 Å². The van der Waals surface area contributed by atoms with Crippen molar-refractivity contribution < 1.29 is 9.59 Å². The van der Waals surface area contributed by atoms with Gasteiger partial charge in [0.15, 0.2) is 0 Å². The van der Waals surface area contributed by atoms with Crippen LogP contribution < -0.4 is 5.32 Å². The number of nitrogens with one attached hydrogen (secondary N) is 1. The fraction of sp³-hybridized carbons (Fsp3) is 0.875. The van der Waals surface area contributed by atoms with Crippen LogP contribution in [0.4, 0.5) is 4.79 Å². The highest BCUT2D eigenvalue weighted by atomic mass is 16.2. The van der Waals surface area contributed by atoms with Gasteiger partial charge in [0.2, 0.25) is 5.91 Å². The van der Waals surface area contributed by atoms with E-state index in [0.29, 0.717) is 19.1 Å². The first-order valence-corrected chi connectivity index (χ1v) is 8.48. The Morgan fingerprint density at radius 1 is 0.810 bits per heavy atom. The number of carbonyl (C=O) groups is 2. The van der Waals surface area contributed by atoms with Crippen LogP contribution >= 0.6 is 0 Å². The molecule has 1 saturated heterocycles. The molecule has 5 nitrogen and oxygen atoms in total. The van der Waals surface area contributed by atoms with E-state index in [1.165, 1.54) is 32.1 Å². The van der Waals surface area contributed by atoms with Crippen molar-refractivity contribution in [3.63, 3.8) is 0 Å². The minimum atomic E-state index is 0.0611. The lowest BCUT2D eigenvalue weighted by Crippen LogP contribution is -2.46. The normalized spacial score (nSPS) is 22.1. The van der Waals surface area contributed by atoms with Gasteiger partial charge in [-0.2, -0.15) is 0 Å². The molecular formula is C16H29N3O2. The van der Waals surface area contributed by atoms with Crippen LogP contribution in [-0.4, -0.2) is 54.0 Å². The molecule has 0 atom stereocenters. The third-order valence-corrected chi connectivity index (χ3v) is 4.66. The maximum Gasteiger partial charge on any atom is 0.317 e. The summed E-state index contributed by atoms with van der Waals surface area (Å²) in [5.41, 5.74) is 0. The van der Waals surface area contributed by atoms with Gasteiger partial charge in [-0.25, -0.2) is 4.79 Å². The number of nitrogens with zero attached hydrogens (tertiary/aromatic N) is 2. The highest BCUT2D eigenvalue weighted by Crippen LogP contribution is 2.17. The average molecular weight is 295 g/mol. The largest absolute Gasteiger partial charge is 0.341 e. The molecule has 2 aliphatic rings. The fourth-order valence-corrected chi connectivity index (χ4v) is 3.30. The number of hydrogen-bond donors (Lipinski definition) is 1. The van der Waals surface area contributed by atoms with Gasteiger partial charge in [0.25, 0.3) is 0 Å². The summed E-state index contributed by atoms with van der Waals surface area (Å²) in [5.74, 6) is 0.109. The Balaban J connectivity index is 1.80. The van der Waals surface area contributed by atoms with Crippen LogP contribution in [0, 0.1) is 0 Å². The zero-order valence-corrected chi connectivity index (χ0v) is 13.3. The van der Waals surface area contributed by atoms with E-state index < -0.39 is 0 Å². The summed E-state index contributed by atoms with van der Waals surface area (Å²) in [7, 11) is 0. The van der Waals surface area contributed by atoms with E-state index in [1.807, 2.05) is 9.80 Å². The molecule has 0 radical (unpaired) electrons. The molecule has 1 aliphatic heterocycles. The molecule has 1 saturated carbocycles. The summed E-state index contributed by atoms with van der Waals surface area (Å²) in [5, 5.41) is 3.21. The lowest BCUT2D eigenvalue weighted by atomic mass is 9.97. The van der Waals surface area contributed by atoms with Gasteiger partial charge in [-0.05, 0) is 19.3 Å². The van der Waals surface area contributed by atoms with Crippen LogP contribution in [0.3, 0.4) is 0 Å². The molecule has 0 aromatic rings. The van der Waals surface area contributed by atoms with Crippen LogP contribution in [-0.2, 0) is 4.79 Å². The lowest BCUT2D eigenvalue weighted by Gasteiger charge is -2.26.